The third-order valence-corrected chi connectivity index (χ3v) is 4.34. The number of benzene rings is 2. The van der Waals surface area contributed by atoms with Gasteiger partial charge in [0.25, 0.3) is 0 Å². The van der Waals surface area contributed by atoms with Gasteiger partial charge in [-0.25, -0.2) is 0 Å². The molecule has 1 amide bonds. The van der Waals surface area contributed by atoms with Gasteiger partial charge in [-0.2, -0.15) is 0 Å². The second-order valence-corrected chi connectivity index (χ2v) is 6.96. The van der Waals surface area contributed by atoms with Crippen LogP contribution in [-0.4, -0.2) is 10.2 Å². The fraction of sp³-hybridized carbons (Fsp3) is 0.235. The first-order valence-electron chi connectivity index (χ1n) is 6.98. The van der Waals surface area contributed by atoms with E-state index in [0.717, 1.165) is 11.3 Å². The molecule has 0 bridgehead atoms. The number of anilines is 1. The van der Waals surface area contributed by atoms with Crippen molar-refractivity contribution >= 4 is 34.8 Å². The summed E-state index contributed by atoms with van der Waals surface area (Å²) >= 11 is 11.9. The largest absolute Gasteiger partial charge is 0.455 e. The zero-order chi connectivity index (χ0) is 15.7. The highest BCUT2D eigenvalue weighted by Crippen LogP contribution is 2.53. The summed E-state index contributed by atoms with van der Waals surface area (Å²) in [5, 5.41) is 2.83. The van der Waals surface area contributed by atoms with Gasteiger partial charge in [-0.15, -0.1) is 23.2 Å². The van der Waals surface area contributed by atoms with Gasteiger partial charge < -0.3 is 10.1 Å². The standard InChI is InChI=1S/C17H15Cl2NO2/c1-11-5-4-6-12(9-11)22-15-8-3-2-7-14(15)20-16(21)13-10-17(13,18)19/h2-9,13H,10H2,1H3,(H,20,21). The van der Waals surface area contributed by atoms with Crippen molar-refractivity contribution in [3.8, 4) is 11.5 Å². The van der Waals surface area contributed by atoms with Gasteiger partial charge in [-0.05, 0) is 43.2 Å². The van der Waals surface area contributed by atoms with Crippen LogP contribution in [0.5, 0.6) is 11.5 Å². The first-order chi connectivity index (χ1) is 10.5. The lowest BCUT2D eigenvalue weighted by atomic mass is 10.2. The van der Waals surface area contributed by atoms with E-state index in [0.29, 0.717) is 17.9 Å². The van der Waals surface area contributed by atoms with Gasteiger partial charge in [0.2, 0.25) is 5.91 Å². The summed E-state index contributed by atoms with van der Waals surface area (Å²) in [6, 6.07) is 15.0. The van der Waals surface area contributed by atoms with E-state index in [9.17, 15) is 4.79 Å². The molecule has 0 heterocycles. The van der Waals surface area contributed by atoms with E-state index in [4.69, 9.17) is 27.9 Å². The fourth-order valence-corrected chi connectivity index (χ4v) is 2.69. The van der Waals surface area contributed by atoms with Crippen molar-refractivity contribution in [1.82, 2.24) is 0 Å². The predicted molar refractivity (Wildman–Crippen MR) is 88.9 cm³/mol. The minimum Gasteiger partial charge on any atom is -0.455 e. The van der Waals surface area contributed by atoms with E-state index in [1.165, 1.54) is 0 Å². The summed E-state index contributed by atoms with van der Waals surface area (Å²) in [6.45, 7) is 1.99. The molecule has 0 radical (unpaired) electrons. The van der Waals surface area contributed by atoms with Crippen molar-refractivity contribution in [2.75, 3.05) is 5.32 Å². The van der Waals surface area contributed by atoms with Gasteiger partial charge in [-0.3, -0.25) is 4.79 Å². The fourth-order valence-electron chi connectivity index (χ4n) is 2.18. The molecule has 114 valence electrons. The average Bonchev–Trinajstić information content (AvgIpc) is 3.10. The van der Waals surface area contributed by atoms with Crippen LogP contribution >= 0.6 is 23.2 Å². The Kier molecular flexibility index (Phi) is 4.02. The number of amides is 1. The maximum atomic E-state index is 12.1. The summed E-state index contributed by atoms with van der Waals surface area (Å²) in [4.78, 5) is 12.1. The van der Waals surface area contributed by atoms with Gasteiger partial charge >= 0.3 is 0 Å². The number of hydrogen-bond acceptors (Lipinski definition) is 2. The number of ether oxygens (including phenoxy) is 1. The molecule has 2 aromatic rings. The Hall–Kier alpha value is -1.71. The molecule has 3 nitrogen and oxygen atoms in total. The Morgan fingerprint density at radius 1 is 1.23 bits per heavy atom. The Labute approximate surface area is 139 Å². The van der Waals surface area contributed by atoms with Crippen molar-refractivity contribution in [2.45, 2.75) is 17.7 Å². The molecule has 1 fully saturated rings. The van der Waals surface area contributed by atoms with E-state index in [1.54, 1.807) is 12.1 Å². The summed E-state index contributed by atoms with van der Waals surface area (Å²) < 4.78 is 4.93. The molecule has 0 spiro atoms. The predicted octanol–water partition coefficient (Wildman–Crippen LogP) is 4.92. The van der Waals surface area contributed by atoms with E-state index in [-0.39, 0.29) is 11.8 Å². The van der Waals surface area contributed by atoms with Gasteiger partial charge in [0.1, 0.15) is 10.1 Å². The maximum Gasteiger partial charge on any atom is 0.230 e. The topological polar surface area (TPSA) is 38.3 Å². The number of hydrogen-bond donors (Lipinski definition) is 1. The summed E-state index contributed by atoms with van der Waals surface area (Å²) in [5.74, 6) is 0.738. The number of halogens is 2. The van der Waals surface area contributed by atoms with Crippen LogP contribution in [0.1, 0.15) is 12.0 Å². The summed E-state index contributed by atoms with van der Waals surface area (Å²) in [5.41, 5.74) is 1.70. The Balaban J connectivity index is 1.77. The molecule has 1 aliphatic carbocycles. The molecule has 1 atom stereocenters. The van der Waals surface area contributed by atoms with Gasteiger partial charge in [0, 0.05) is 0 Å². The highest BCUT2D eigenvalue weighted by atomic mass is 35.5. The molecule has 1 aliphatic rings. The second kappa shape index (κ2) is 5.82. The van der Waals surface area contributed by atoms with Crippen molar-refractivity contribution in [1.29, 1.82) is 0 Å². The molecule has 0 saturated heterocycles. The molecular weight excluding hydrogens is 321 g/mol. The van der Waals surface area contributed by atoms with E-state index in [2.05, 4.69) is 5.32 Å². The molecule has 1 N–H and O–H groups in total. The van der Waals surface area contributed by atoms with Crippen molar-refractivity contribution in [3.63, 3.8) is 0 Å². The second-order valence-electron chi connectivity index (χ2n) is 5.42. The number of carbonyl (C=O) groups excluding carboxylic acids is 1. The molecule has 0 aromatic heterocycles. The van der Waals surface area contributed by atoms with Crippen LogP contribution in [0.15, 0.2) is 48.5 Å². The number of para-hydroxylation sites is 2. The number of nitrogens with one attached hydrogen (secondary N) is 1. The zero-order valence-corrected chi connectivity index (χ0v) is 13.5. The minimum absolute atomic E-state index is 0.190. The zero-order valence-electron chi connectivity index (χ0n) is 12.0. The van der Waals surface area contributed by atoms with E-state index in [1.807, 2.05) is 43.3 Å². The van der Waals surface area contributed by atoms with Crippen molar-refractivity contribution < 1.29 is 9.53 Å². The summed E-state index contributed by atoms with van der Waals surface area (Å²) in [7, 11) is 0. The smallest absolute Gasteiger partial charge is 0.230 e. The first-order valence-corrected chi connectivity index (χ1v) is 7.73. The molecule has 3 rings (SSSR count). The van der Waals surface area contributed by atoms with Crippen LogP contribution in [0.2, 0.25) is 0 Å². The van der Waals surface area contributed by atoms with E-state index >= 15 is 0 Å². The van der Waals surface area contributed by atoms with Gasteiger partial charge in [0.15, 0.2) is 5.75 Å². The molecular formula is C17H15Cl2NO2. The van der Waals surface area contributed by atoms with Crippen LogP contribution in [0.4, 0.5) is 5.69 Å². The van der Waals surface area contributed by atoms with E-state index < -0.39 is 4.33 Å². The number of carbonyl (C=O) groups is 1. The lowest BCUT2D eigenvalue weighted by Gasteiger charge is -2.12. The third kappa shape index (κ3) is 3.37. The lowest BCUT2D eigenvalue weighted by molar-refractivity contribution is -0.117. The van der Waals surface area contributed by atoms with Crippen LogP contribution < -0.4 is 10.1 Å². The maximum absolute atomic E-state index is 12.1. The quantitative estimate of drug-likeness (QED) is 0.805. The molecule has 2 aromatic carbocycles. The van der Waals surface area contributed by atoms with Crippen LogP contribution in [-0.2, 0) is 4.79 Å². The number of rotatable bonds is 4. The monoisotopic (exact) mass is 335 g/mol. The molecule has 1 saturated carbocycles. The number of aryl methyl sites for hydroxylation is 1. The highest BCUT2D eigenvalue weighted by molar-refractivity contribution is 6.52. The third-order valence-electron chi connectivity index (χ3n) is 3.50. The highest BCUT2D eigenvalue weighted by Gasteiger charge is 2.56. The number of alkyl halides is 2. The Bertz CT molecular complexity index is 715. The van der Waals surface area contributed by atoms with Gasteiger partial charge in [-0.1, -0.05) is 24.3 Å². The summed E-state index contributed by atoms with van der Waals surface area (Å²) in [6.07, 6.45) is 0.475. The van der Waals surface area contributed by atoms with Crippen molar-refractivity contribution in [2.24, 2.45) is 5.92 Å². The average molecular weight is 336 g/mol. The van der Waals surface area contributed by atoms with Crippen LogP contribution in [0.3, 0.4) is 0 Å². The Morgan fingerprint density at radius 3 is 2.64 bits per heavy atom. The minimum atomic E-state index is -0.934. The molecule has 22 heavy (non-hydrogen) atoms. The SMILES string of the molecule is Cc1cccc(Oc2ccccc2NC(=O)C2CC2(Cl)Cl)c1. The van der Waals surface area contributed by atoms with Crippen LogP contribution in [0, 0.1) is 12.8 Å². The van der Waals surface area contributed by atoms with Gasteiger partial charge in [0.05, 0.1) is 11.6 Å². The normalized spacial score (nSPS) is 18.6. The van der Waals surface area contributed by atoms with Crippen molar-refractivity contribution in [3.05, 3.63) is 54.1 Å². The molecule has 5 heteroatoms. The first kappa shape index (κ1) is 15.2. The van der Waals surface area contributed by atoms with Crippen LogP contribution in [0.25, 0.3) is 0 Å². The molecule has 1 unspecified atom stereocenters. The Morgan fingerprint density at radius 2 is 1.95 bits per heavy atom. The molecule has 0 aliphatic heterocycles. The lowest BCUT2D eigenvalue weighted by Crippen LogP contribution is -2.17.